The van der Waals surface area contributed by atoms with E-state index in [1.165, 1.54) is 0 Å². The van der Waals surface area contributed by atoms with Crippen molar-refractivity contribution in [3.8, 4) is 0 Å². The monoisotopic (exact) mass is 416 g/mol. The summed E-state index contributed by atoms with van der Waals surface area (Å²) in [5.74, 6) is 1.47. The maximum atomic E-state index is 5.96. The maximum absolute atomic E-state index is 5.96. The molecule has 0 spiro atoms. The molecule has 1 saturated heterocycles. The fraction of sp³-hybridized carbons (Fsp3) is 0.211. The Labute approximate surface area is 172 Å². The summed E-state index contributed by atoms with van der Waals surface area (Å²) in [6.45, 7) is 2.74. The van der Waals surface area contributed by atoms with Crippen molar-refractivity contribution in [1.29, 1.82) is 0 Å². The highest BCUT2D eigenvalue weighted by molar-refractivity contribution is 6.30. The van der Waals surface area contributed by atoms with E-state index in [9.17, 15) is 0 Å². The Morgan fingerprint density at radius 2 is 1.18 bits per heavy atom. The summed E-state index contributed by atoms with van der Waals surface area (Å²) in [4.78, 5) is 15.7. The lowest BCUT2D eigenvalue weighted by Crippen LogP contribution is -2.37. The van der Waals surface area contributed by atoms with Gasteiger partial charge in [0.15, 0.2) is 0 Å². The fourth-order valence-corrected chi connectivity index (χ4v) is 2.96. The Hall–Kier alpha value is -2.61. The van der Waals surface area contributed by atoms with Gasteiger partial charge in [0.25, 0.3) is 0 Å². The second kappa shape index (κ2) is 8.60. The molecule has 144 valence electrons. The first-order chi connectivity index (χ1) is 13.7. The van der Waals surface area contributed by atoms with Crippen LogP contribution in [0.5, 0.6) is 0 Å². The molecule has 7 nitrogen and oxygen atoms in total. The van der Waals surface area contributed by atoms with Gasteiger partial charge in [-0.3, -0.25) is 0 Å². The zero-order valence-electron chi connectivity index (χ0n) is 14.9. The minimum Gasteiger partial charge on any atom is -0.378 e. The molecule has 9 heteroatoms. The van der Waals surface area contributed by atoms with Crippen molar-refractivity contribution in [2.24, 2.45) is 0 Å². The average Bonchev–Trinajstić information content (AvgIpc) is 2.72. The van der Waals surface area contributed by atoms with Gasteiger partial charge in [-0.25, -0.2) is 0 Å². The summed E-state index contributed by atoms with van der Waals surface area (Å²) in [5, 5.41) is 7.75. The van der Waals surface area contributed by atoms with E-state index in [0.717, 1.165) is 24.5 Å². The van der Waals surface area contributed by atoms with Gasteiger partial charge in [-0.05, 0) is 48.5 Å². The van der Waals surface area contributed by atoms with Crippen LogP contribution in [0.15, 0.2) is 48.5 Å². The molecule has 2 heterocycles. The first kappa shape index (κ1) is 18.7. The summed E-state index contributed by atoms with van der Waals surface area (Å²) in [6.07, 6.45) is 0. The van der Waals surface area contributed by atoms with Crippen molar-refractivity contribution in [3.63, 3.8) is 0 Å². The number of nitrogens with one attached hydrogen (secondary N) is 2. The Bertz CT molecular complexity index is 864. The zero-order valence-corrected chi connectivity index (χ0v) is 16.4. The van der Waals surface area contributed by atoms with Crippen LogP contribution in [0.4, 0.5) is 29.2 Å². The van der Waals surface area contributed by atoms with Crippen molar-refractivity contribution in [2.45, 2.75) is 0 Å². The maximum Gasteiger partial charge on any atom is 0.233 e. The summed E-state index contributed by atoms with van der Waals surface area (Å²) in [6, 6.07) is 14.7. The number of hydrogen-bond acceptors (Lipinski definition) is 7. The Morgan fingerprint density at radius 1 is 0.714 bits per heavy atom. The largest absolute Gasteiger partial charge is 0.378 e. The summed E-state index contributed by atoms with van der Waals surface area (Å²) >= 11 is 11.9. The van der Waals surface area contributed by atoms with E-state index in [2.05, 4.69) is 30.5 Å². The van der Waals surface area contributed by atoms with Gasteiger partial charge in [0.2, 0.25) is 17.8 Å². The van der Waals surface area contributed by atoms with E-state index in [-0.39, 0.29) is 0 Å². The third-order valence-corrected chi connectivity index (χ3v) is 4.62. The minimum absolute atomic E-state index is 0.440. The van der Waals surface area contributed by atoms with Crippen LogP contribution in [-0.2, 0) is 4.74 Å². The second-order valence-electron chi connectivity index (χ2n) is 6.15. The Kier molecular flexibility index (Phi) is 5.76. The van der Waals surface area contributed by atoms with Crippen molar-refractivity contribution >= 4 is 52.4 Å². The molecule has 0 aliphatic carbocycles. The number of benzene rings is 2. The number of morpholine rings is 1. The standard InChI is InChI=1S/C19H18Cl2N6O/c20-13-1-5-15(6-2-13)22-17-24-18(23-16-7-3-14(21)4-8-16)26-19(25-17)27-9-11-28-12-10-27/h1-8H,9-12H2,(H2,22,23,24,25,26). The molecule has 0 unspecified atom stereocenters. The van der Waals surface area contributed by atoms with Crippen LogP contribution in [0, 0.1) is 0 Å². The number of hydrogen-bond donors (Lipinski definition) is 2. The molecule has 28 heavy (non-hydrogen) atoms. The number of rotatable bonds is 5. The lowest BCUT2D eigenvalue weighted by molar-refractivity contribution is 0.122. The highest BCUT2D eigenvalue weighted by Gasteiger charge is 2.17. The lowest BCUT2D eigenvalue weighted by atomic mass is 10.3. The van der Waals surface area contributed by atoms with Crippen LogP contribution < -0.4 is 15.5 Å². The van der Waals surface area contributed by atoms with Crippen LogP contribution in [0.3, 0.4) is 0 Å². The molecule has 2 N–H and O–H groups in total. The van der Waals surface area contributed by atoms with Gasteiger partial charge in [-0.1, -0.05) is 23.2 Å². The van der Waals surface area contributed by atoms with Gasteiger partial charge < -0.3 is 20.3 Å². The third-order valence-electron chi connectivity index (χ3n) is 4.12. The molecular weight excluding hydrogens is 399 g/mol. The van der Waals surface area contributed by atoms with Crippen molar-refractivity contribution < 1.29 is 4.74 Å². The molecule has 3 aromatic rings. The number of nitrogens with zero attached hydrogens (tertiary/aromatic N) is 4. The molecule has 0 bridgehead atoms. The first-order valence-corrected chi connectivity index (χ1v) is 9.55. The quantitative estimate of drug-likeness (QED) is 0.633. The van der Waals surface area contributed by atoms with E-state index in [1.807, 2.05) is 24.3 Å². The van der Waals surface area contributed by atoms with Crippen LogP contribution >= 0.6 is 23.2 Å². The normalized spacial score (nSPS) is 14.0. The molecule has 1 fully saturated rings. The predicted octanol–water partition coefficient (Wildman–Crippen LogP) is 4.50. The van der Waals surface area contributed by atoms with Gasteiger partial charge in [0, 0.05) is 34.5 Å². The minimum atomic E-state index is 0.440. The summed E-state index contributed by atoms with van der Waals surface area (Å²) in [5.41, 5.74) is 1.67. The molecule has 0 atom stereocenters. The highest BCUT2D eigenvalue weighted by Crippen LogP contribution is 2.22. The molecular formula is C19H18Cl2N6O. The molecule has 1 aliphatic rings. The molecule has 0 amide bonds. The van der Waals surface area contributed by atoms with E-state index >= 15 is 0 Å². The van der Waals surface area contributed by atoms with E-state index in [4.69, 9.17) is 27.9 Å². The fourth-order valence-electron chi connectivity index (χ4n) is 2.71. The molecule has 0 saturated carbocycles. The lowest BCUT2D eigenvalue weighted by Gasteiger charge is -2.27. The highest BCUT2D eigenvalue weighted by atomic mass is 35.5. The summed E-state index contributed by atoms with van der Waals surface area (Å²) < 4.78 is 5.43. The predicted molar refractivity (Wildman–Crippen MR) is 112 cm³/mol. The smallest absolute Gasteiger partial charge is 0.233 e. The van der Waals surface area contributed by atoms with E-state index in [0.29, 0.717) is 41.1 Å². The van der Waals surface area contributed by atoms with Gasteiger partial charge in [0.05, 0.1) is 13.2 Å². The topological polar surface area (TPSA) is 75.2 Å². The number of aromatic nitrogens is 3. The molecule has 1 aliphatic heterocycles. The van der Waals surface area contributed by atoms with Gasteiger partial charge in [0.1, 0.15) is 0 Å². The van der Waals surface area contributed by atoms with Gasteiger partial charge in [-0.15, -0.1) is 0 Å². The van der Waals surface area contributed by atoms with Crippen LogP contribution in [0.25, 0.3) is 0 Å². The molecule has 1 aromatic heterocycles. The van der Waals surface area contributed by atoms with Crippen molar-refractivity contribution in [1.82, 2.24) is 15.0 Å². The van der Waals surface area contributed by atoms with Crippen molar-refractivity contribution in [3.05, 3.63) is 58.6 Å². The Balaban J connectivity index is 1.63. The van der Waals surface area contributed by atoms with E-state index in [1.54, 1.807) is 24.3 Å². The number of ether oxygens (including phenoxy) is 1. The van der Waals surface area contributed by atoms with E-state index < -0.39 is 0 Å². The second-order valence-corrected chi connectivity index (χ2v) is 7.02. The summed E-state index contributed by atoms with van der Waals surface area (Å²) in [7, 11) is 0. The SMILES string of the molecule is Clc1ccc(Nc2nc(Nc3ccc(Cl)cc3)nc(N3CCOCC3)n2)cc1. The van der Waals surface area contributed by atoms with Gasteiger partial charge in [-0.2, -0.15) is 15.0 Å². The van der Waals surface area contributed by atoms with Crippen LogP contribution in [0.2, 0.25) is 10.0 Å². The zero-order chi connectivity index (χ0) is 19.3. The Morgan fingerprint density at radius 3 is 1.64 bits per heavy atom. The molecule has 2 aromatic carbocycles. The molecule has 0 radical (unpaired) electrons. The third kappa shape index (κ3) is 4.81. The average molecular weight is 417 g/mol. The van der Waals surface area contributed by atoms with Crippen molar-refractivity contribution in [2.75, 3.05) is 41.8 Å². The molecule has 4 rings (SSSR count). The first-order valence-electron chi connectivity index (χ1n) is 8.80. The number of halogens is 2. The number of anilines is 5. The van der Waals surface area contributed by atoms with Crippen LogP contribution in [0.1, 0.15) is 0 Å². The van der Waals surface area contributed by atoms with Crippen LogP contribution in [-0.4, -0.2) is 41.3 Å². The van der Waals surface area contributed by atoms with Gasteiger partial charge >= 0.3 is 0 Å².